The van der Waals surface area contributed by atoms with Gasteiger partial charge in [0.15, 0.2) is 23.2 Å². The molecular weight excluding hydrogens is 975 g/mol. The molecule has 4 aromatic rings. The summed E-state index contributed by atoms with van der Waals surface area (Å²) in [4.78, 5) is 84.5. The number of aryl methyl sites for hydroxylation is 2. The van der Waals surface area contributed by atoms with Gasteiger partial charge in [0.2, 0.25) is 17.2 Å². The largest absolute Gasteiger partial charge is 0.756 e. The van der Waals surface area contributed by atoms with E-state index in [4.69, 9.17) is 24.3 Å². The second kappa shape index (κ2) is 23.4. The minimum absolute atomic E-state index is 0.0318. The lowest BCUT2D eigenvalue weighted by atomic mass is 9.89. The minimum Gasteiger partial charge on any atom is -0.756 e. The summed E-state index contributed by atoms with van der Waals surface area (Å²) in [6.07, 6.45) is -2.11. The van der Waals surface area contributed by atoms with Gasteiger partial charge in [0.05, 0.1) is 12.7 Å². The molecule has 0 spiro atoms. The van der Waals surface area contributed by atoms with E-state index in [1.165, 1.54) is 4.57 Å². The molecule has 4 heterocycles. The van der Waals surface area contributed by atoms with Crippen LogP contribution in [0.3, 0.4) is 0 Å². The van der Waals surface area contributed by atoms with Gasteiger partial charge < -0.3 is 64.9 Å². The lowest BCUT2D eigenvalue weighted by molar-refractivity contribution is -0.496. The Bertz CT molecular complexity index is 3050. The van der Waals surface area contributed by atoms with Crippen LogP contribution in [-0.2, 0) is 27.7 Å². The number of amides is 2. The van der Waals surface area contributed by atoms with Crippen LogP contribution in [0.4, 0.5) is 17.5 Å². The first kappa shape index (κ1) is 53.9. The third kappa shape index (κ3) is 12.8. The number of aromatic nitrogens is 4. The van der Waals surface area contributed by atoms with Gasteiger partial charge in [-0.05, 0) is 76.3 Å². The van der Waals surface area contributed by atoms with Crippen LogP contribution in [0.15, 0.2) is 59.3 Å². The number of ether oxygens (including phenoxy) is 1. The number of phosphoric ester groups is 2. The van der Waals surface area contributed by atoms with Crippen molar-refractivity contribution in [2.24, 2.45) is 0 Å². The number of anilines is 3. The minimum atomic E-state index is -5.26. The Hall–Kier alpha value is -5.84. The molecule has 2 aliphatic heterocycles. The van der Waals surface area contributed by atoms with E-state index in [1.54, 1.807) is 11.9 Å². The van der Waals surface area contributed by atoms with Crippen LogP contribution in [0, 0.1) is 13.8 Å². The molecule has 2 aromatic carbocycles. The Balaban J connectivity index is 0.918. The molecule has 1 saturated heterocycles. The van der Waals surface area contributed by atoms with E-state index >= 15 is 0 Å². The Labute approximate surface area is 415 Å². The Morgan fingerprint density at radius 1 is 0.972 bits per heavy atom. The molecule has 0 radical (unpaired) electrons. The molecule has 1 fully saturated rings. The van der Waals surface area contributed by atoms with E-state index < -0.39 is 46.8 Å². The van der Waals surface area contributed by atoms with Gasteiger partial charge in [0, 0.05) is 79.0 Å². The van der Waals surface area contributed by atoms with Crippen LogP contribution in [0.5, 0.6) is 0 Å². The van der Waals surface area contributed by atoms with Gasteiger partial charge in [0.1, 0.15) is 42.5 Å². The number of aliphatic hydroxyl groups excluding tert-OH is 1. The molecule has 1 unspecified atom stereocenters. The van der Waals surface area contributed by atoms with E-state index in [1.807, 2.05) is 50.2 Å². The van der Waals surface area contributed by atoms with E-state index in [9.17, 15) is 38.5 Å². The van der Waals surface area contributed by atoms with Crippen molar-refractivity contribution in [3.8, 4) is 22.5 Å². The van der Waals surface area contributed by atoms with Gasteiger partial charge in [-0.3, -0.25) is 23.2 Å². The van der Waals surface area contributed by atoms with Crippen LogP contribution < -0.4 is 36.9 Å². The molecule has 7 rings (SSSR count). The second-order valence-electron chi connectivity index (χ2n) is 17.5. The van der Waals surface area contributed by atoms with Crippen molar-refractivity contribution in [2.45, 2.75) is 90.8 Å². The number of fused-ring (bicyclic) bond motifs is 3. The molecule has 2 aromatic heterocycles. The number of nitrogens with two attached hydrogens (primary N) is 1. The molecule has 10 N–H and O–H groups in total. The average Bonchev–Trinajstić information content (AvgIpc) is 3.84. The highest BCUT2D eigenvalue weighted by Crippen LogP contribution is 2.47. The van der Waals surface area contributed by atoms with Crippen molar-refractivity contribution in [1.82, 2.24) is 29.7 Å². The van der Waals surface area contributed by atoms with Gasteiger partial charge in [-0.25, -0.2) is 24.5 Å². The van der Waals surface area contributed by atoms with Crippen LogP contribution in [0.25, 0.3) is 44.6 Å². The van der Waals surface area contributed by atoms with Gasteiger partial charge in [-0.1, -0.05) is 31.0 Å². The predicted molar refractivity (Wildman–Crippen MR) is 265 cm³/mol. The molecular formula is C47H62N10O13P2. The number of rotatable bonds is 23. The fourth-order valence-corrected chi connectivity index (χ4v) is 9.72. The highest BCUT2D eigenvalue weighted by atomic mass is 31.2. The van der Waals surface area contributed by atoms with Gasteiger partial charge in [0.25, 0.3) is 13.7 Å². The fraction of sp³-hybridized carbons (Fsp3) is 0.447. The quantitative estimate of drug-likeness (QED) is 0.0253. The van der Waals surface area contributed by atoms with E-state index in [-0.39, 0.29) is 41.2 Å². The summed E-state index contributed by atoms with van der Waals surface area (Å²) in [7, 11) is -8.78. The summed E-state index contributed by atoms with van der Waals surface area (Å²) in [5.74, 6) is 0.434. The zero-order chi connectivity index (χ0) is 51.9. The maximum Gasteiger partial charge on any atom is 0.470 e. The summed E-state index contributed by atoms with van der Waals surface area (Å²) in [6.45, 7) is 9.93. The molecule has 3 aliphatic rings. The van der Waals surface area contributed by atoms with Crippen LogP contribution in [0.1, 0.15) is 80.1 Å². The SMILES string of the molecule is CCNc1cc2oc3cc(=[NH+]CC)c(C)cc-3c(-c3ccccc3C(=O)N(C)CCCC(=O)NCCCCCCNc3nc4c(N)ncnc4n3[C@@H]3O[C@H](COP(=O)([O-])O)[C@@H](O)[C@H]3OP(=O)(O)O)c2cc1C. The number of hydrogen-bond acceptors (Lipinski definition) is 16. The monoisotopic (exact) mass is 1040 g/mol. The van der Waals surface area contributed by atoms with E-state index in [2.05, 4.69) is 66.4 Å². The molecule has 388 valence electrons. The predicted octanol–water partition coefficient (Wildman–Crippen LogP) is 2.83. The zero-order valence-electron chi connectivity index (χ0n) is 40.7. The normalized spacial score (nSPS) is 18.2. The summed E-state index contributed by atoms with van der Waals surface area (Å²) >= 11 is 0. The fourth-order valence-electron chi connectivity index (χ4n) is 8.84. The molecule has 72 heavy (non-hydrogen) atoms. The number of carbonyl (C=O) groups is 2. The molecule has 25 heteroatoms. The highest BCUT2D eigenvalue weighted by molar-refractivity contribution is 7.46. The van der Waals surface area contributed by atoms with Crippen molar-refractivity contribution in [3.63, 3.8) is 0 Å². The number of phosphoric acid groups is 2. The van der Waals surface area contributed by atoms with Gasteiger partial charge >= 0.3 is 7.82 Å². The Kier molecular flexibility index (Phi) is 17.5. The number of hydrogen-bond donors (Lipinski definition) is 9. The lowest BCUT2D eigenvalue weighted by Crippen LogP contribution is -2.76. The van der Waals surface area contributed by atoms with Gasteiger partial charge in [-0.2, -0.15) is 0 Å². The van der Waals surface area contributed by atoms with Crippen LogP contribution >= 0.6 is 15.6 Å². The number of nitrogens with zero attached hydrogens (tertiary/aromatic N) is 5. The highest BCUT2D eigenvalue weighted by Gasteiger charge is 2.50. The molecule has 23 nitrogen and oxygen atoms in total. The first-order valence-corrected chi connectivity index (χ1v) is 26.7. The summed E-state index contributed by atoms with van der Waals surface area (Å²) < 4.78 is 46.1. The first-order valence-electron chi connectivity index (χ1n) is 23.7. The lowest BCUT2D eigenvalue weighted by Gasteiger charge is -2.23. The average molecular weight is 1040 g/mol. The number of imidazole rings is 1. The number of nitrogens with one attached hydrogen (secondary N) is 4. The van der Waals surface area contributed by atoms with Crippen LogP contribution in [-0.4, -0.2) is 121 Å². The number of aliphatic hydroxyl groups is 1. The maximum atomic E-state index is 14.3. The summed E-state index contributed by atoms with van der Waals surface area (Å²) in [5, 5.41) is 22.3. The van der Waals surface area contributed by atoms with Gasteiger partial charge in [-0.15, -0.1) is 0 Å². The Morgan fingerprint density at radius 3 is 2.44 bits per heavy atom. The summed E-state index contributed by atoms with van der Waals surface area (Å²) in [5.41, 5.74) is 13.1. The van der Waals surface area contributed by atoms with Crippen LogP contribution in [0.2, 0.25) is 0 Å². The molecule has 2 amide bonds. The van der Waals surface area contributed by atoms with Crippen molar-refractivity contribution < 1.29 is 66.6 Å². The molecule has 1 aliphatic carbocycles. The molecule has 5 atom stereocenters. The third-order valence-corrected chi connectivity index (χ3v) is 13.3. The topological polar surface area (TPSA) is 336 Å². The smallest absolute Gasteiger partial charge is 0.470 e. The van der Waals surface area contributed by atoms with E-state index in [0.717, 1.165) is 76.5 Å². The third-order valence-electron chi connectivity index (χ3n) is 12.3. The van der Waals surface area contributed by atoms with E-state index in [0.29, 0.717) is 55.8 Å². The number of carbonyl (C=O) groups excluding carboxylic acids is 2. The standard InChI is InChI=1S/C47H62N10O13P2/c1-6-49-33-23-35-31(21-27(33)3)39(32-22-28(4)34(50-7-2)24-36(32)68-35)29-15-10-11-16-30(29)45(60)56(5)20-14-17-38(58)51-18-12-8-9-13-19-52-47-55-40-43(48)53-26-54-44(40)57(47)46-42(70-72(64,65)66)41(59)37(69-46)25-67-71(61,62)63/h10-11,15-16,21-24,26,37,41-42,46,49,59H,6-9,12-14,17-20,25H2,1-5H3,(H,51,58)(H,52,55)(H2,48,53,54)(H2,61,62,63)(H2,64,65,66)/t37-,41-,42-,46-/m1/s1. The second-order valence-corrected chi connectivity index (χ2v) is 19.9. The molecule has 0 bridgehead atoms. The van der Waals surface area contributed by atoms with Crippen molar-refractivity contribution in [3.05, 3.63) is 76.9 Å². The molecule has 0 saturated carbocycles. The maximum absolute atomic E-state index is 14.3. The number of nitrogen functional groups attached to an aromatic ring is 1. The number of unbranched alkanes of at least 4 members (excludes halogenated alkanes) is 3. The van der Waals surface area contributed by atoms with Crippen molar-refractivity contribution >= 4 is 67.0 Å². The van der Waals surface area contributed by atoms with Crippen molar-refractivity contribution in [2.75, 3.05) is 62.7 Å². The first-order chi connectivity index (χ1) is 34.3. The zero-order valence-corrected chi connectivity index (χ0v) is 42.5. The van der Waals surface area contributed by atoms with Crippen molar-refractivity contribution in [1.29, 1.82) is 0 Å². The Morgan fingerprint density at radius 2 is 1.72 bits per heavy atom. The summed E-state index contributed by atoms with van der Waals surface area (Å²) in [6, 6.07) is 15.9. The number of benzene rings is 3.